The largest absolute Gasteiger partial charge is 0.399 e. The van der Waals surface area contributed by atoms with Gasteiger partial charge in [0.15, 0.2) is 2.82 Å². The molecule has 5 heteroatoms. The predicted molar refractivity (Wildman–Crippen MR) is 78.2 cm³/mol. The van der Waals surface area contributed by atoms with E-state index in [9.17, 15) is 10.1 Å². The highest BCUT2D eigenvalue weighted by atomic mass is 16.6. The third-order valence-corrected chi connectivity index (χ3v) is 2.90. The molecule has 0 aliphatic heterocycles. The molecule has 20 heavy (non-hydrogen) atoms. The summed E-state index contributed by atoms with van der Waals surface area (Å²) < 4.78 is 30.4. The van der Waals surface area contributed by atoms with Crippen LogP contribution in [0.2, 0.25) is 2.82 Å². The number of nitro groups is 1. The maximum Gasteiger partial charge on any atom is 0.280 e. The van der Waals surface area contributed by atoms with Gasteiger partial charge in [-0.3, -0.25) is 10.1 Å². The van der Waals surface area contributed by atoms with E-state index in [1.54, 1.807) is 24.3 Å². The van der Waals surface area contributed by atoms with Crippen LogP contribution in [-0.2, 0) is 0 Å². The summed E-state index contributed by atoms with van der Waals surface area (Å²) in [5.74, 6) is 0. The number of nitrogens with two attached hydrogens (primary N) is 1. The molecule has 0 aliphatic carbocycles. The number of hydrogen-bond donors (Lipinski definition) is 1. The van der Waals surface area contributed by atoms with Crippen molar-refractivity contribution in [1.82, 2.24) is 4.98 Å². The standard InChI is InChI=1S/C15H11N3O2/c16-11-7-5-10(6-8-11)14-9-15(18(19)20)12-3-1-2-4-13(12)17-14/h1-9H,16H2/i5T,7T/hT2. The number of benzene rings is 2. The van der Waals surface area contributed by atoms with E-state index in [1.165, 1.54) is 18.2 Å². The van der Waals surface area contributed by atoms with E-state index in [-0.39, 0.29) is 40.4 Å². The number of rotatable bonds is 3. The van der Waals surface area contributed by atoms with Crippen LogP contribution >= 0.6 is 0 Å². The van der Waals surface area contributed by atoms with E-state index in [1.807, 2.05) is 0 Å². The molecule has 2 N–H and O–H groups in total. The SMILES string of the molecule is [3H]c1c(-c2cc([N+](=O)[O-])c3ccccc3n2)ccc(N([3H])[3H])c1[3H]. The highest BCUT2D eigenvalue weighted by Gasteiger charge is 2.15. The van der Waals surface area contributed by atoms with Crippen molar-refractivity contribution in [1.29, 1.82) is 0 Å². The van der Waals surface area contributed by atoms with Crippen molar-refractivity contribution in [2.75, 3.05) is 5.72 Å². The third-order valence-electron chi connectivity index (χ3n) is 2.90. The highest BCUT2D eigenvalue weighted by molar-refractivity contribution is 5.90. The van der Waals surface area contributed by atoms with E-state index in [2.05, 4.69) is 4.98 Å². The quantitative estimate of drug-likeness (QED) is 0.450. The Morgan fingerprint density at radius 1 is 1.25 bits per heavy atom. The lowest BCUT2D eigenvalue weighted by Gasteiger charge is -2.05. The van der Waals surface area contributed by atoms with Gasteiger partial charge in [-0.2, -0.15) is 0 Å². The molecule has 3 aromatic rings. The second-order valence-electron chi connectivity index (χ2n) is 4.18. The summed E-state index contributed by atoms with van der Waals surface area (Å²) in [4.78, 5) is 15.2. The van der Waals surface area contributed by atoms with E-state index in [0.717, 1.165) is 0 Å². The Hall–Kier alpha value is -2.95. The van der Waals surface area contributed by atoms with Crippen LogP contribution in [0.4, 0.5) is 11.4 Å². The molecule has 5 nitrogen and oxygen atoms in total. The molecule has 98 valence electrons. The molecule has 0 saturated carbocycles. The zero-order valence-corrected chi connectivity index (χ0v) is 10.2. The van der Waals surface area contributed by atoms with Gasteiger partial charge in [-0.05, 0) is 24.2 Å². The first-order valence-corrected chi connectivity index (χ1v) is 5.82. The summed E-state index contributed by atoms with van der Waals surface area (Å²) >= 11 is 0. The Kier molecular flexibility index (Phi) is 1.91. The predicted octanol–water partition coefficient (Wildman–Crippen LogP) is 3.39. The van der Waals surface area contributed by atoms with Crippen LogP contribution in [0.1, 0.15) is 2.74 Å². The lowest BCUT2D eigenvalue weighted by Crippen LogP contribution is -1.94. The first kappa shape index (κ1) is 8.27. The van der Waals surface area contributed by atoms with E-state index in [0.29, 0.717) is 10.9 Å². The van der Waals surface area contributed by atoms with Gasteiger partial charge in [0.05, 0.1) is 24.3 Å². The second-order valence-corrected chi connectivity index (χ2v) is 4.18. The van der Waals surface area contributed by atoms with Crippen LogP contribution in [-0.4, -0.2) is 9.91 Å². The van der Waals surface area contributed by atoms with Crippen LogP contribution in [0.25, 0.3) is 22.2 Å². The van der Waals surface area contributed by atoms with E-state index < -0.39 is 4.92 Å². The van der Waals surface area contributed by atoms with Crippen LogP contribution in [0.5, 0.6) is 0 Å². The minimum atomic E-state index is -0.511. The van der Waals surface area contributed by atoms with Gasteiger partial charge in [0, 0.05) is 17.3 Å². The summed E-state index contributed by atoms with van der Waals surface area (Å²) in [7, 11) is 0. The summed E-state index contributed by atoms with van der Waals surface area (Å²) in [6.07, 6.45) is 0. The molecule has 2 aromatic carbocycles. The monoisotopic (exact) mass is 273 g/mol. The van der Waals surface area contributed by atoms with Gasteiger partial charge in [-0.15, -0.1) is 0 Å². The molecule has 0 saturated heterocycles. The molecule has 0 amide bonds. The molecule has 0 bridgehead atoms. The van der Waals surface area contributed by atoms with Crippen LogP contribution in [0.3, 0.4) is 0 Å². The second kappa shape index (κ2) is 4.62. The van der Waals surface area contributed by atoms with E-state index >= 15 is 0 Å². The minimum absolute atomic E-state index is 0.0564. The smallest absolute Gasteiger partial charge is 0.280 e. The Balaban J connectivity index is 2.27. The summed E-state index contributed by atoms with van der Waals surface area (Å²) in [6.45, 7) is 0. The average Bonchev–Trinajstić information content (AvgIpc) is 2.55. The third kappa shape index (κ3) is 2.05. The van der Waals surface area contributed by atoms with Gasteiger partial charge in [0.1, 0.15) is 0 Å². The Morgan fingerprint density at radius 3 is 2.90 bits per heavy atom. The first-order chi connectivity index (χ1) is 11.4. The zero-order chi connectivity index (χ0) is 17.4. The number of anilines is 1. The number of aromatic nitrogens is 1. The van der Waals surface area contributed by atoms with Crippen LogP contribution in [0.15, 0.2) is 54.5 Å². The zero-order valence-electron chi connectivity index (χ0n) is 14.2. The van der Waals surface area contributed by atoms with Gasteiger partial charge in [0.25, 0.3) is 5.69 Å². The maximum atomic E-state index is 11.3. The van der Waals surface area contributed by atoms with Gasteiger partial charge in [-0.1, -0.05) is 24.2 Å². The van der Waals surface area contributed by atoms with Crippen LogP contribution in [0, 0.1) is 10.1 Å². The number of para-hydroxylation sites is 1. The number of pyridine rings is 1. The van der Waals surface area contributed by atoms with E-state index in [4.69, 9.17) is 5.57 Å². The molecule has 0 fully saturated rings. The van der Waals surface area contributed by atoms with Crippen molar-refractivity contribution < 1.29 is 10.5 Å². The highest BCUT2D eigenvalue weighted by Crippen LogP contribution is 2.29. The molecule has 1 aromatic heterocycles. The van der Waals surface area contributed by atoms with Gasteiger partial charge in [0.2, 0.25) is 0 Å². The summed E-state index contributed by atoms with van der Waals surface area (Å²) in [6, 6.07) is 10.1. The van der Waals surface area contributed by atoms with Gasteiger partial charge in [-0.25, -0.2) is 4.98 Å². The Labute approximate surface area is 120 Å². The number of nitrogen functional groups attached to an aromatic ring is 1. The fourth-order valence-corrected chi connectivity index (χ4v) is 1.97. The molecule has 3 rings (SSSR count). The van der Waals surface area contributed by atoms with Crippen LogP contribution < -0.4 is 5.72 Å². The fraction of sp³-hybridized carbons (Fsp3) is 0. The van der Waals surface area contributed by atoms with Gasteiger partial charge < -0.3 is 5.72 Å². The normalized spacial score (nSPS) is 13.2. The molecule has 0 radical (unpaired) electrons. The number of fused-ring (bicyclic) bond motifs is 1. The number of nitrogens with zero attached hydrogens (tertiary/aromatic N) is 2. The molecule has 0 atom stereocenters. The molecule has 0 spiro atoms. The van der Waals surface area contributed by atoms with Gasteiger partial charge >= 0.3 is 0 Å². The Bertz CT molecular complexity index is 963. The molecule has 0 aliphatic rings. The van der Waals surface area contributed by atoms with Crippen molar-refractivity contribution >= 4 is 22.3 Å². The molecule has 1 heterocycles. The lowest BCUT2D eigenvalue weighted by molar-refractivity contribution is -0.383. The molecular weight excluding hydrogens is 254 g/mol. The summed E-state index contributed by atoms with van der Waals surface area (Å²) in [5.41, 5.74) is 0.915. The molecular formula is C15H11N3O2. The average molecular weight is 273 g/mol. The Morgan fingerprint density at radius 2 is 2.10 bits per heavy atom. The fourth-order valence-electron chi connectivity index (χ4n) is 1.97. The number of hydrogen-bond acceptors (Lipinski definition) is 4. The summed E-state index contributed by atoms with van der Waals surface area (Å²) in [5, 5.41) is 11.7. The lowest BCUT2D eigenvalue weighted by atomic mass is 10.1. The van der Waals surface area contributed by atoms with Crippen molar-refractivity contribution in [3.8, 4) is 11.3 Å². The molecule has 0 unspecified atom stereocenters. The topological polar surface area (TPSA) is 82.0 Å². The van der Waals surface area contributed by atoms with Crippen molar-refractivity contribution in [2.24, 2.45) is 0 Å². The first-order valence-electron chi connectivity index (χ1n) is 7.72. The minimum Gasteiger partial charge on any atom is -0.399 e. The maximum absolute atomic E-state index is 11.3. The van der Waals surface area contributed by atoms with Crippen molar-refractivity contribution in [2.45, 2.75) is 0 Å². The van der Waals surface area contributed by atoms with Crippen molar-refractivity contribution in [3.05, 3.63) is 64.7 Å². The van der Waals surface area contributed by atoms with Crippen molar-refractivity contribution in [3.63, 3.8) is 0 Å².